The van der Waals surface area contributed by atoms with Crippen molar-refractivity contribution >= 4 is 12.4 Å². The smallest absolute Gasteiger partial charge is 0.0604 e. The number of benzene rings is 2. The molecule has 2 aromatic rings. The molecule has 4 nitrogen and oxygen atoms in total. The topological polar surface area (TPSA) is 56.7 Å². The van der Waals surface area contributed by atoms with Gasteiger partial charge >= 0.3 is 0 Å². The van der Waals surface area contributed by atoms with Crippen molar-refractivity contribution in [3.8, 4) is 0 Å². The van der Waals surface area contributed by atoms with Gasteiger partial charge in [-0.25, -0.2) is 5.48 Å². The maximum Gasteiger partial charge on any atom is 0.0604 e. The van der Waals surface area contributed by atoms with Crippen LogP contribution in [-0.4, -0.2) is 31.1 Å². The van der Waals surface area contributed by atoms with Gasteiger partial charge in [-0.2, -0.15) is 0 Å². The first kappa shape index (κ1) is 17.2. The Morgan fingerprint density at radius 2 is 1.57 bits per heavy atom. The average Bonchev–Trinajstić information content (AvgIpc) is 2.56. The summed E-state index contributed by atoms with van der Waals surface area (Å²) in [6.45, 7) is 6.57. The van der Waals surface area contributed by atoms with Gasteiger partial charge in [-0.3, -0.25) is 4.99 Å². The number of aryl methyl sites for hydroxylation is 3. The highest BCUT2D eigenvalue weighted by molar-refractivity contribution is 5.46. The van der Waals surface area contributed by atoms with Crippen molar-refractivity contribution < 1.29 is 5.21 Å². The summed E-state index contributed by atoms with van der Waals surface area (Å²) in [4.78, 5) is 3.87. The fourth-order valence-electron chi connectivity index (χ4n) is 2.47. The minimum Gasteiger partial charge on any atom is -0.379 e. The molecule has 0 saturated heterocycles. The van der Waals surface area contributed by atoms with Crippen molar-refractivity contribution in [2.75, 3.05) is 18.4 Å². The Bertz CT molecular complexity index is 593. The summed E-state index contributed by atoms with van der Waals surface area (Å²) in [6.07, 6.45) is 2.07. The lowest BCUT2D eigenvalue weighted by Gasteiger charge is -2.17. The number of hydroxylamine groups is 1. The van der Waals surface area contributed by atoms with Crippen LogP contribution in [0.4, 0.5) is 5.69 Å². The van der Waals surface area contributed by atoms with E-state index in [0.29, 0.717) is 13.1 Å². The Kier molecular flexibility index (Phi) is 6.78. The van der Waals surface area contributed by atoms with Crippen molar-refractivity contribution in [1.29, 1.82) is 0 Å². The van der Waals surface area contributed by atoms with Gasteiger partial charge < -0.3 is 10.5 Å². The fraction of sp³-hybridized carbons (Fsp3) is 0.316. The van der Waals surface area contributed by atoms with Crippen molar-refractivity contribution in [3.05, 3.63) is 65.2 Å². The molecule has 1 atom stereocenters. The summed E-state index contributed by atoms with van der Waals surface area (Å²) in [7, 11) is 0. The second-order valence-electron chi connectivity index (χ2n) is 5.79. The lowest BCUT2D eigenvalue weighted by Crippen LogP contribution is -2.33. The van der Waals surface area contributed by atoms with E-state index in [0.717, 1.165) is 18.5 Å². The maximum absolute atomic E-state index is 8.83. The molecule has 0 heterocycles. The molecule has 0 aromatic heterocycles. The Balaban J connectivity index is 1.88. The Labute approximate surface area is 138 Å². The molecule has 1 unspecified atom stereocenters. The Morgan fingerprint density at radius 1 is 1.00 bits per heavy atom. The van der Waals surface area contributed by atoms with Crippen LogP contribution in [-0.2, 0) is 12.8 Å². The number of anilines is 1. The van der Waals surface area contributed by atoms with Crippen LogP contribution >= 0.6 is 0 Å². The molecular formula is C19H25N3O. The summed E-state index contributed by atoms with van der Waals surface area (Å²) < 4.78 is 0. The van der Waals surface area contributed by atoms with E-state index in [2.05, 4.69) is 78.0 Å². The zero-order valence-corrected chi connectivity index (χ0v) is 13.6. The third-order valence-electron chi connectivity index (χ3n) is 3.83. The van der Waals surface area contributed by atoms with E-state index in [1.165, 1.54) is 16.7 Å². The van der Waals surface area contributed by atoms with E-state index >= 15 is 0 Å². The molecule has 2 aromatic carbocycles. The fourth-order valence-corrected chi connectivity index (χ4v) is 2.47. The highest BCUT2D eigenvalue weighted by Crippen LogP contribution is 2.13. The standard InChI is InChI=1S/C19H25N3O/c1-15-3-5-16(6-4-15)7-8-17-9-11-18(12-10-17)22-19(13-20-2)14-21-23/h3-6,9-12,19,21-23H,2,7-8,13-14H2,1H3. The lowest BCUT2D eigenvalue weighted by molar-refractivity contribution is 0.163. The quantitative estimate of drug-likeness (QED) is 0.492. The molecule has 0 aliphatic heterocycles. The van der Waals surface area contributed by atoms with Crippen LogP contribution in [0.2, 0.25) is 0 Å². The SMILES string of the molecule is C=NCC(CNO)Nc1ccc(CCc2ccc(C)cc2)cc1. The van der Waals surface area contributed by atoms with Crippen LogP contribution < -0.4 is 10.8 Å². The normalized spacial score (nSPS) is 11.9. The van der Waals surface area contributed by atoms with Crippen LogP contribution in [0, 0.1) is 6.92 Å². The number of nitrogens with one attached hydrogen (secondary N) is 2. The first-order valence-corrected chi connectivity index (χ1v) is 7.91. The number of rotatable bonds is 9. The number of hydrogen-bond acceptors (Lipinski definition) is 4. The summed E-state index contributed by atoms with van der Waals surface area (Å²) in [5.74, 6) is 0. The van der Waals surface area contributed by atoms with Crippen LogP contribution in [0.1, 0.15) is 16.7 Å². The van der Waals surface area contributed by atoms with E-state index in [-0.39, 0.29) is 6.04 Å². The molecule has 2 rings (SSSR count). The van der Waals surface area contributed by atoms with Gasteiger partial charge in [-0.05, 0) is 49.7 Å². The summed E-state index contributed by atoms with van der Waals surface area (Å²) >= 11 is 0. The van der Waals surface area contributed by atoms with Crippen LogP contribution in [0.15, 0.2) is 53.5 Å². The van der Waals surface area contributed by atoms with E-state index in [9.17, 15) is 0 Å². The minimum atomic E-state index is 0.0240. The molecule has 122 valence electrons. The highest BCUT2D eigenvalue weighted by atomic mass is 16.5. The van der Waals surface area contributed by atoms with Gasteiger partial charge in [0.2, 0.25) is 0 Å². The third-order valence-corrected chi connectivity index (χ3v) is 3.83. The second kappa shape index (κ2) is 9.08. The number of nitrogens with zero attached hydrogens (tertiary/aromatic N) is 1. The molecule has 0 aliphatic carbocycles. The summed E-state index contributed by atoms with van der Waals surface area (Å²) in [5, 5.41) is 12.2. The Hall–Kier alpha value is -2.17. The molecule has 0 amide bonds. The van der Waals surface area contributed by atoms with E-state index < -0.39 is 0 Å². The van der Waals surface area contributed by atoms with Crippen molar-refractivity contribution in [2.24, 2.45) is 4.99 Å². The first-order chi connectivity index (χ1) is 11.2. The molecule has 23 heavy (non-hydrogen) atoms. The van der Waals surface area contributed by atoms with E-state index in [1.54, 1.807) is 0 Å². The van der Waals surface area contributed by atoms with E-state index in [1.807, 2.05) is 0 Å². The van der Waals surface area contributed by atoms with Crippen LogP contribution in [0.5, 0.6) is 0 Å². The van der Waals surface area contributed by atoms with Gasteiger partial charge in [0.15, 0.2) is 0 Å². The largest absolute Gasteiger partial charge is 0.379 e. The minimum absolute atomic E-state index is 0.0240. The molecule has 0 saturated carbocycles. The monoisotopic (exact) mass is 311 g/mol. The van der Waals surface area contributed by atoms with E-state index in [4.69, 9.17) is 5.21 Å². The first-order valence-electron chi connectivity index (χ1n) is 7.91. The lowest BCUT2D eigenvalue weighted by atomic mass is 10.0. The number of hydrogen-bond donors (Lipinski definition) is 3. The van der Waals surface area contributed by atoms with Gasteiger partial charge in [0.05, 0.1) is 12.6 Å². The van der Waals surface area contributed by atoms with Crippen molar-refractivity contribution in [2.45, 2.75) is 25.8 Å². The molecule has 0 bridgehead atoms. The van der Waals surface area contributed by atoms with Crippen molar-refractivity contribution in [1.82, 2.24) is 5.48 Å². The zero-order valence-electron chi connectivity index (χ0n) is 13.6. The number of aliphatic imine (C=N–C) groups is 1. The second-order valence-corrected chi connectivity index (χ2v) is 5.79. The van der Waals surface area contributed by atoms with Crippen LogP contribution in [0.25, 0.3) is 0 Å². The molecule has 0 spiro atoms. The molecule has 0 aliphatic rings. The molecule has 4 heteroatoms. The van der Waals surface area contributed by atoms with Gasteiger partial charge in [0.25, 0.3) is 0 Å². The molecule has 3 N–H and O–H groups in total. The third kappa shape index (κ3) is 5.85. The summed E-state index contributed by atoms with van der Waals surface area (Å²) in [6, 6.07) is 17.1. The zero-order chi connectivity index (χ0) is 16.5. The molecular weight excluding hydrogens is 286 g/mol. The van der Waals surface area contributed by atoms with Crippen LogP contribution in [0.3, 0.4) is 0 Å². The Morgan fingerprint density at radius 3 is 2.09 bits per heavy atom. The maximum atomic E-state index is 8.83. The van der Waals surface area contributed by atoms with Gasteiger partial charge in [0.1, 0.15) is 0 Å². The predicted octanol–water partition coefficient (Wildman–Crippen LogP) is 3.24. The average molecular weight is 311 g/mol. The van der Waals surface area contributed by atoms with Gasteiger partial charge in [-0.15, -0.1) is 0 Å². The van der Waals surface area contributed by atoms with Gasteiger partial charge in [0, 0.05) is 12.2 Å². The predicted molar refractivity (Wildman–Crippen MR) is 96.6 cm³/mol. The molecule has 0 radical (unpaired) electrons. The highest BCUT2D eigenvalue weighted by Gasteiger charge is 2.06. The summed E-state index contributed by atoms with van der Waals surface area (Å²) in [5.41, 5.74) is 7.17. The molecule has 0 fully saturated rings. The van der Waals surface area contributed by atoms with Crippen molar-refractivity contribution in [3.63, 3.8) is 0 Å². The van der Waals surface area contributed by atoms with Gasteiger partial charge in [-0.1, -0.05) is 42.0 Å².